The van der Waals surface area contributed by atoms with E-state index < -0.39 is 11.7 Å². The number of pyridine rings is 1. The number of nitrogens with one attached hydrogen (secondary N) is 2. The Morgan fingerprint density at radius 3 is 2.55 bits per heavy atom. The minimum atomic E-state index is -4.39. The van der Waals surface area contributed by atoms with Crippen molar-refractivity contribution in [3.63, 3.8) is 0 Å². The number of benzene rings is 2. The SMILES string of the molecule is Cc1c[nH]c(=O)c2c(Nc3ccc(C(F)(F)F)cc3)cc(N3CCC(N)C3)cc12. The van der Waals surface area contributed by atoms with Crippen LogP contribution in [0.1, 0.15) is 17.5 Å². The molecule has 29 heavy (non-hydrogen) atoms. The highest BCUT2D eigenvalue weighted by atomic mass is 19.4. The molecule has 4 rings (SSSR count). The lowest BCUT2D eigenvalue weighted by atomic mass is 10.0. The Labute approximate surface area is 165 Å². The molecular formula is C21H21F3N4O. The van der Waals surface area contributed by atoms with E-state index >= 15 is 0 Å². The minimum absolute atomic E-state index is 0.0947. The summed E-state index contributed by atoms with van der Waals surface area (Å²) in [5.74, 6) is 0. The zero-order valence-electron chi connectivity index (χ0n) is 15.8. The van der Waals surface area contributed by atoms with Gasteiger partial charge in [0.1, 0.15) is 0 Å². The zero-order chi connectivity index (χ0) is 20.8. The lowest BCUT2D eigenvalue weighted by molar-refractivity contribution is -0.137. The summed E-state index contributed by atoms with van der Waals surface area (Å²) < 4.78 is 38.5. The summed E-state index contributed by atoms with van der Waals surface area (Å²) in [6.45, 7) is 3.43. The summed E-state index contributed by atoms with van der Waals surface area (Å²) >= 11 is 0. The first kappa shape index (κ1) is 19.3. The number of rotatable bonds is 3. The van der Waals surface area contributed by atoms with Gasteiger partial charge >= 0.3 is 6.18 Å². The monoisotopic (exact) mass is 402 g/mol. The fourth-order valence-corrected chi connectivity index (χ4v) is 3.71. The molecule has 2 heterocycles. The Bertz CT molecular complexity index is 1110. The number of nitrogens with zero attached hydrogens (tertiary/aromatic N) is 1. The van der Waals surface area contributed by atoms with Gasteiger partial charge in [0.2, 0.25) is 0 Å². The molecule has 152 valence electrons. The summed E-state index contributed by atoms with van der Waals surface area (Å²) in [4.78, 5) is 17.4. The Morgan fingerprint density at radius 1 is 1.21 bits per heavy atom. The van der Waals surface area contributed by atoms with Crippen molar-refractivity contribution >= 4 is 27.8 Å². The van der Waals surface area contributed by atoms with E-state index in [0.717, 1.165) is 41.7 Å². The maximum Gasteiger partial charge on any atom is 0.416 e. The molecular weight excluding hydrogens is 381 g/mol. The van der Waals surface area contributed by atoms with Crippen LogP contribution in [0.3, 0.4) is 0 Å². The smallest absolute Gasteiger partial charge is 0.370 e. The van der Waals surface area contributed by atoms with Crippen LogP contribution in [-0.2, 0) is 6.18 Å². The van der Waals surface area contributed by atoms with Crippen LogP contribution in [-0.4, -0.2) is 24.1 Å². The molecule has 2 aromatic carbocycles. The van der Waals surface area contributed by atoms with Crippen molar-refractivity contribution in [3.8, 4) is 0 Å². The van der Waals surface area contributed by atoms with Gasteiger partial charge in [-0.25, -0.2) is 0 Å². The first-order chi connectivity index (χ1) is 13.7. The van der Waals surface area contributed by atoms with E-state index in [-0.39, 0.29) is 11.6 Å². The normalized spacial score (nSPS) is 17.1. The summed E-state index contributed by atoms with van der Waals surface area (Å²) in [6.07, 6.45) is -1.85. The quantitative estimate of drug-likeness (QED) is 0.616. The number of hydrogen-bond acceptors (Lipinski definition) is 4. The Morgan fingerprint density at radius 2 is 1.93 bits per heavy atom. The van der Waals surface area contributed by atoms with Gasteiger partial charge in [0, 0.05) is 36.7 Å². The van der Waals surface area contributed by atoms with Crippen molar-refractivity contribution in [2.45, 2.75) is 25.6 Å². The summed E-state index contributed by atoms with van der Waals surface area (Å²) in [6, 6.07) is 8.67. The van der Waals surface area contributed by atoms with Gasteiger partial charge in [0.05, 0.1) is 16.6 Å². The third kappa shape index (κ3) is 3.80. The molecule has 3 aromatic rings. The maximum atomic E-state index is 12.8. The first-order valence-electron chi connectivity index (χ1n) is 9.33. The maximum absolute atomic E-state index is 12.8. The zero-order valence-corrected chi connectivity index (χ0v) is 15.8. The van der Waals surface area contributed by atoms with Crippen molar-refractivity contribution in [2.24, 2.45) is 5.73 Å². The van der Waals surface area contributed by atoms with E-state index in [1.807, 2.05) is 19.1 Å². The highest BCUT2D eigenvalue weighted by Gasteiger charge is 2.30. The summed E-state index contributed by atoms with van der Waals surface area (Å²) in [5.41, 5.74) is 7.90. The van der Waals surface area contributed by atoms with E-state index in [0.29, 0.717) is 23.3 Å². The molecule has 0 radical (unpaired) electrons. The second-order valence-corrected chi connectivity index (χ2v) is 7.41. The van der Waals surface area contributed by atoms with Gasteiger partial charge in [-0.3, -0.25) is 4.79 Å². The van der Waals surface area contributed by atoms with Crippen LogP contribution in [0, 0.1) is 6.92 Å². The van der Waals surface area contributed by atoms with E-state index in [1.54, 1.807) is 6.20 Å². The number of hydrogen-bond donors (Lipinski definition) is 3. The second kappa shape index (κ2) is 7.11. The van der Waals surface area contributed by atoms with E-state index in [4.69, 9.17) is 5.73 Å². The summed E-state index contributed by atoms with van der Waals surface area (Å²) in [5, 5.41) is 4.39. The Balaban J connectivity index is 1.79. The van der Waals surface area contributed by atoms with Crippen LogP contribution >= 0.6 is 0 Å². The molecule has 1 aromatic heterocycles. The molecule has 8 heteroatoms. The number of alkyl halides is 3. The van der Waals surface area contributed by atoms with Crippen LogP contribution in [0.2, 0.25) is 0 Å². The van der Waals surface area contributed by atoms with E-state index in [1.165, 1.54) is 12.1 Å². The first-order valence-corrected chi connectivity index (χ1v) is 9.33. The third-order valence-electron chi connectivity index (χ3n) is 5.28. The average Bonchev–Trinajstić information content (AvgIpc) is 3.10. The number of fused-ring (bicyclic) bond motifs is 1. The van der Waals surface area contributed by atoms with Crippen LogP contribution in [0.5, 0.6) is 0 Å². The third-order valence-corrected chi connectivity index (χ3v) is 5.28. The molecule has 0 aliphatic carbocycles. The molecule has 1 aliphatic heterocycles. The van der Waals surface area contributed by atoms with Gasteiger partial charge in [-0.2, -0.15) is 13.2 Å². The van der Waals surface area contributed by atoms with Crippen molar-refractivity contribution in [1.29, 1.82) is 0 Å². The van der Waals surface area contributed by atoms with Gasteiger partial charge in [0.25, 0.3) is 5.56 Å². The van der Waals surface area contributed by atoms with Crippen LogP contribution < -0.4 is 21.5 Å². The lowest BCUT2D eigenvalue weighted by Gasteiger charge is -2.21. The van der Waals surface area contributed by atoms with Crippen molar-refractivity contribution in [1.82, 2.24) is 4.98 Å². The predicted octanol–water partition coefficient (Wildman–Crippen LogP) is 4.14. The van der Waals surface area contributed by atoms with Gasteiger partial charge in [-0.1, -0.05) is 0 Å². The fraction of sp³-hybridized carbons (Fsp3) is 0.286. The number of anilines is 3. The highest BCUT2D eigenvalue weighted by Crippen LogP contribution is 2.34. The molecule has 1 aliphatic rings. The number of aromatic nitrogens is 1. The van der Waals surface area contributed by atoms with Crippen molar-refractivity contribution in [3.05, 3.63) is 64.1 Å². The van der Waals surface area contributed by atoms with Gasteiger partial charge in [0.15, 0.2) is 0 Å². The molecule has 1 unspecified atom stereocenters. The molecule has 5 nitrogen and oxygen atoms in total. The molecule has 1 atom stereocenters. The van der Waals surface area contributed by atoms with E-state index in [2.05, 4.69) is 15.2 Å². The van der Waals surface area contributed by atoms with Gasteiger partial charge in [-0.15, -0.1) is 0 Å². The number of H-pyrrole nitrogens is 1. The number of halogens is 3. The molecule has 1 fully saturated rings. The van der Waals surface area contributed by atoms with Crippen molar-refractivity contribution in [2.75, 3.05) is 23.3 Å². The van der Waals surface area contributed by atoms with E-state index in [9.17, 15) is 18.0 Å². The van der Waals surface area contributed by atoms with Gasteiger partial charge < -0.3 is 20.9 Å². The standard InChI is InChI=1S/C21H21F3N4O/c1-12-10-26-20(29)19-17(12)8-16(28-7-6-14(25)11-28)9-18(19)27-15-4-2-13(3-5-15)21(22,23)24/h2-5,8-10,14,27H,6-7,11,25H2,1H3,(H,26,29). The predicted molar refractivity (Wildman–Crippen MR) is 109 cm³/mol. The molecule has 1 saturated heterocycles. The number of aryl methyl sites for hydroxylation is 1. The number of nitrogens with two attached hydrogens (primary N) is 1. The lowest BCUT2D eigenvalue weighted by Crippen LogP contribution is -2.26. The van der Waals surface area contributed by atoms with Crippen molar-refractivity contribution < 1.29 is 13.2 Å². The average molecular weight is 402 g/mol. The van der Waals surface area contributed by atoms with Crippen LogP contribution in [0.15, 0.2) is 47.4 Å². The Hall–Kier alpha value is -3.00. The molecule has 0 bridgehead atoms. The highest BCUT2D eigenvalue weighted by molar-refractivity contribution is 5.99. The molecule has 0 amide bonds. The van der Waals surface area contributed by atoms with Crippen LogP contribution in [0.25, 0.3) is 10.8 Å². The molecule has 0 spiro atoms. The minimum Gasteiger partial charge on any atom is -0.370 e. The number of aromatic amines is 1. The topological polar surface area (TPSA) is 74.2 Å². The van der Waals surface area contributed by atoms with Gasteiger partial charge in [-0.05, 0) is 60.7 Å². The van der Waals surface area contributed by atoms with Crippen LogP contribution in [0.4, 0.5) is 30.2 Å². The fourth-order valence-electron chi connectivity index (χ4n) is 3.71. The largest absolute Gasteiger partial charge is 0.416 e. The molecule has 0 saturated carbocycles. The second-order valence-electron chi connectivity index (χ2n) is 7.41. The Kier molecular flexibility index (Phi) is 4.74. The summed E-state index contributed by atoms with van der Waals surface area (Å²) in [7, 11) is 0. The molecule has 4 N–H and O–H groups in total.